The van der Waals surface area contributed by atoms with Crippen molar-refractivity contribution >= 4 is 23.2 Å². The van der Waals surface area contributed by atoms with Crippen LogP contribution in [-0.4, -0.2) is 50.0 Å². The Morgan fingerprint density at radius 3 is 2.77 bits per heavy atom. The number of aromatic nitrogens is 3. The van der Waals surface area contributed by atoms with Gasteiger partial charge in [-0.2, -0.15) is 0 Å². The summed E-state index contributed by atoms with van der Waals surface area (Å²) in [6, 6.07) is 3.97. The molecule has 3 heterocycles. The Kier molecular flexibility index (Phi) is 4.19. The highest BCUT2D eigenvalue weighted by molar-refractivity contribution is 7.09. The first-order valence-corrected chi connectivity index (χ1v) is 7.96. The van der Waals surface area contributed by atoms with Crippen LogP contribution in [0.4, 0.5) is 0 Å². The molecule has 0 spiro atoms. The molecule has 116 valence electrons. The van der Waals surface area contributed by atoms with E-state index in [4.69, 9.17) is 5.11 Å². The number of likely N-dealkylation sites (tertiary alicyclic amines) is 1. The van der Waals surface area contributed by atoms with Crippen LogP contribution in [-0.2, 0) is 11.3 Å². The van der Waals surface area contributed by atoms with Gasteiger partial charge in [-0.3, -0.25) is 9.59 Å². The molecule has 0 radical (unpaired) electrons. The Hall–Kier alpha value is -2.22. The van der Waals surface area contributed by atoms with E-state index in [1.54, 1.807) is 27.1 Å². The number of thiophene rings is 1. The van der Waals surface area contributed by atoms with E-state index in [9.17, 15) is 9.59 Å². The predicted octanol–water partition coefficient (Wildman–Crippen LogP) is 1.32. The quantitative estimate of drug-likeness (QED) is 0.918. The maximum Gasteiger partial charge on any atom is 0.306 e. The lowest BCUT2D eigenvalue weighted by Gasteiger charge is -2.29. The molecule has 1 aliphatic heterocycles. The summed E-state index contributed by atoms with van der Waals surface area (Å²) < 4.78 is 1.64. The number of rotatable bonds is 4. The molecule has 1 N–H and O–H groups in total. The van der Waals surface area contributed by atoms with Gasteiger partial charge in [0.15, 0.2) is 5.69 Å². The number of amides is 1. The van der Waals surface area contributed by atoms with E-state index in [-0.39, 0.29) is 11.8 Å². The van der Waals surface area contributed by atoms with Gasteiger partial charge >= 0.3 is 5.97 Å². The predicted molar refractivity (Wildman–Crippen MR) is 79.7 cm³/mol. The minimum absolute atomic E-state index is 0.179. The largest absolute Gasteiger partial charge is 0.481 e. The Labute approximate surface area is 131 Å². The highest BCUT2D eigenvalue weighted by Gasteiger charge is 2.28. The Balaban J connectivity index is 1.61. The van der Waals surface area contributed by atoms with Crippen LogP contribution in [0.2, 0.25) is 0 Å². The van der Waals surface area contributed by atoms with Gasteiger partial charge in [-0.1, -0.05) is 11.3 Å². The molecule has 0 saturated carbocycles. The summed E-state index contributed by atoms with van der Waals surface area (Å²) in [4.78, 5) is 26.1. The molecule has 2 aromatic heterocycles. The summed E-state index contributed by atoms with van der Waals surface area (Å²) in [5.41, 5.74) is 0.310. The van der Waals surface area contributed by atoms with Gasteiger partial charge in [-0.15, -0.1) is 16.4 Å². The molecule has 22 heavy (non-hydrogen) atoms. The monoisotopic (exact) mass is 320 g/mol. The summed E-state index contributed by atoms with van der Waals surface area (Å²) in [5.74, 6) is -1.31. The van der Waals surface area contributed by atoms with Crippen LogP contribution in [0.25, 0.3) is 0 Å². The van der Waals surface area contributed by atoms with Crippen molar-refractivity contribution in [2.75, 3.05) is 13.1 Å². The fourth-order valence-electron chi connectivity index (χ4n) is 2.53. The molecule has 7 nitrogen and oxygen atoms in total. The SMILES string of the molecule is O=C(O)C1CCN(C(=O)c2cn(Cc3cccs3)nn2)CC1. The van der Waals surface area contributed by atoms with Gasteiger partial charge < -0.3 is 10.0 Å². The number of aliphatic carboxylic acids is 1. The van der Waals surface area contributed by atoms with Crippen molar-refractivity contribution in [3.63, 3.8) is 0 Å². The van der Waals surface area contributed by atoms with Crippen LogP contribution in [0.1, 0.15) is 28.2 Å². The first kappa shape index (κ1) is 14.7. The lowest BCUT2D eigenvalue weighted by molar-refractivity contribution is -0.143. The van der Waals surface area contributed by atoms with Crippen LogP contribution in [0.5, 0.6) is 0 Å². The van der Waals surface area contributed by atoms with E-state index < -0.39 is 5.97 Å². The second-order valence-corrected chi connectivity index (χ2v) is 6.32. The highest BCUT2D eigenvalue weighted by atomic mass is 32.1. The topological polar surface area (TPSA) is 88.3 Å². The normalized spacial score (nSPS) is 15.9. The fourth-order valence-corrected chi connectivity index (χ4v) is 3.22. The summed E-state index contributed by atoms with van der Waals surface area (Å²) >= 11 is 1.63. The van der Waals surface area contributed by atoms with E-state index in [2.05, 4.69) is 10.3 Å². The van der Waals surface area contributed by atoms with Crippen molar-refractivity contribution in [1.82, 2.24) is 19.9 Å². The van der Waals surface area contributed by atoms with Gasteiger partial charge in [0.2, 0.25) is 0 Å². The number of carboxylic acids is 1. The number of carbonyl (C=O) groups excluding carboxylic acids is 1. The molecule has 0 aromatic carbocycles. The van der Waals surface area contributed by atoms with E-state index >= 15 is 0 Å². The summed E-state index contributed by atoms with van der Waals surface area (Å²) in [6.45, 7) is 1.50. The minimum atomic E-state index is -0.783. The van der Waals surface area contributed by atoms with Gasteiger partial charge in [0.25, 0.3) is 5.91 Å². The van der Waals surface area contributed by atoms with Crippen LogP contribution in [0.15, 0.2) is 23.7 Å². The molecule has 3 rings (SSSR count). The third-order valence-corrected chi connectivity index (χ3v) is 4.65. The third kappa shape index (κ3) is 3.16. The van der Waals surface area contributed by atoms with Gasteiger partial charge in [-0.25, -0.2) is 4.68 Å². The second kappa shape index (κ2) is 6.27. The Bertz CT molecular complexity index is 659. The van der Waals surface area contributed by atoms with Crippen molar-refractivity contribution in [2.45, 2.75) is 19.4 Å². The van der Waals surface area contributed by atoms with Crippen LogP contribution < -0.4 is 0 Å². The van der Waals surface area contributed by atoms with Crippen molar-refractivity contribution in [1.29, 1.82) is 0 Å². The lowest BCUT2D eigenvalue weighted by Crippen LogP contribution is -2.40. The number of carbonyl (C=O) groups is 2. The number of piperidine rings is 1. The molecule has 1 amide bonds. The first-order chi connectivity index (χ1) is 10.6. The molecule has 8 heteroatoms. The van der Waals surface area contributed by atoms with E-state index in [1.165, 1.54) is 0 Å². The Morgan fingerprint density at radius 1 is 1.36 bits per heavy atom. The van der Waals surface area contributed by atoms with Crippen molar-refractivity contribution in [3.8, 4) is 0 Å². The van der Waals surface area contributed by atoms with E-state index in [0.29, 0.717) is 38.2 Å². The van der Waals surface area contributed by atoms with Gasteiger partial charge in [-0.05, 0) is 24.3 Å². The van der Waals surface area contributed by atoms with Crippen LogP contribution >= 0.6 is 11.3 Å². The summed E-state index contributed by atoms with van der Waals surface area (Å²) in [5, 5.41) is 18.9. The number of hydrogen-bond acceptors (Lipinski definition) is 5. The standard InChI is InChI=1S/C14H16N4O3S/c19-13(17-5-3-10(4-6-17)14(20)21)12-9-18(16-15-12)8-11-2-1-7-22-11/h1-2,7,9-10H,3-6,8H2,(H,20,21). The molecule has 0 atom stereocenters. The summed E-state index contributed by atoms with van der Waals surface area (Å²) in [7, 11) is 0. The van der Waals surface area contributed by atoms with Gasteiger partial charge in [0, 0.05) is 18.0 Å². The number of nitrogens with zero attached hydrogens (tertiary/aromatic N) is 4. The van der Waals surface area contributed by atoms with Gasteiger partial charge in [0.05, 0.1) is 18.7 Å². The van der Waals surface area contributed by atoms with E-state index in [0.717, 1.165) is 4.88 Å². The zero-order valence-corrected chi connectivity index (χ0v) is 12.7. The molecular formula is C14H16N4O3S. The fraction of sp³-hybridized carbons (Fsp3) is 0.429. The van der Waals surface area contributed by atoms with Crippen molar-refractivity contribution in [3.05, 3.63) is 34.3 Å². The van der Waals surface area contributed by atoms with Crippen LogP contribution in [0, 0.1) is 5.92 Å². The lowest BCUT2D eigenvalue weighted by atomic mass is 9.97. The second-order valence-electron chi connectivity index (χ2n) is 5.29. The number of hydrogen-bond donors (Lipinski definition) is 1. The number of carboxylic acid groups (broad SMARTS) is 1. The van der Waals surface area contributed by atoms with Crippen LogP contribution in [0.3, 0.4) is 0 Å². The highest BCUT2D eigenvalue weighted by Crippen LogP contribution is 2.19. The molecular weight excluding hydrogens is 304 g/mol. The molecule has 0 unspecified atom stereocenters. The first-order valence-electron chi connectivity index (χ1n) is 7.08. The molecule has 1 saturated heterocycles. The maximum absolute atomic E-state index is 12.4. The molecule has 0 aliphatic carbocycles. The zero-order chi connectivity index (χ0) is 15.5. The van der Waals surface area contributed by atoms with Gasteiger partial charge in [0.1, 0.15) is 0 Å². The van der Waals surface area contributed by atoms with E-state index in [1.807, 2.05) is 17.5 Å². The summed E-state index contributed by atoms with van der Waals surface area (Å²) in [6.07, 6.45) is 2.63. The third-order valence-electron chi connectivity index (χ3n) is 3.79. The smallest absolute Gasteiger partial charge is 0.306 e. The average Bonchev–Trinajstić information content (AvgIpc) is 3.19. The molecule has 0 bridgehead atoms. The molecule has 1 aliphatic rings. The average molecular weight is 320 g/mol. The minimum Gasteiger partial charge on any atom is -0.481 e. The Morgan fingerprint density at radius 2 is 2.14 bits per heavy atom. The maximum atomic E-state index is 12.4. The molecule has 1 fully saturated rings. The van der Waals surface area contributed by atoms with Crippen molar-refractivity contribution in [2.24, 2.45) is 5.92 Å². The molecule has 2 aromatic rings. The van der Waals surface area contributed by atoms with Crippen molar-refractivity contribution < 1.29 is 14.7 Å². The zero-order valence-electron chi connectivity index (χ0n) is 11.9.